The van der Waals surface area contributed by atoms with Crippen molar-refractivity contribution in [3.8, 4) is 0 Å². The molecule has 0 aliphatic heterocycles. The van der Waals surface area contributed by atoms with Crippen molar-refractivity contribution in [3.63, 3.8) is 0 Å². The van der Waals surface area contributed by atoms with E-state index in [2.05, 4.69) is 0 Å². The van der Waals surface area contributed by atoms with Gasteiger partial charge in [-0.1, -0.05) is 18.2 Å². The number of ketones is 3. The van der Waals surface area contributed by atoms with E-state index in [-0.39, 0.29) is 17.3 Å². The fourth-order valence-electron chi connectivity index (χ4n) is 2.01. The molecule has 0 radical (unpaired) electrons. The fourth-order valence-corrected chi connectivity index (χ4v) is 2.67. The molecule has 1 aliphatic carbocycles. The molecule has 4 heteroatoms. The molecule has 1 fully saturated rings. The zero-order valence-corrected chi connectivity index (χ0v) is 11.3. The van der Waals surface area contributed by atoms with Crippen molar-refractivity contribution in [1.82, 2.24) is 0 Å². The highest BCUT2D eigenvalue weighted by Crippen LogP contribution is 2.23. The number of halogens is 1. The second kappa shape index (κ2) is 5.08. The lowest BCUT2D eigenvalue weighted by Gasteiger charge is -2.18. The van der Waals surface area contributed by atoms with E-state index < -0.39 is 5.92 Å². The van der Waals surface area contributed by atoms with E-state index in [1.807, 2.05) is 28.7 Å². The number of Topliss-reactive ketones (excluding diaryl/α,β-unsaturated/α-hetero) is 3. The number of carbonyl (C=O) groups is 3. The Hall–Kier alpha value is -1.04. The summed E-state index contributed by atoms with van der Waals surface area (Å²) >= 11 is 2.04. The molecule has 0 saturated heterocycles. The third kappa shape index (κ3) is 2.46. The van der Waals surface area contributed by atoms with Crippen molar-refractivity contribution in [2.45, 2.75) is 19.3 Å². The van der Waals surface area contributed by atoms with Crippen LogP contribution >= 0.6 is 22.6 Å². The Labute approximate surface area is 113 Å². The molecule has 88 valence electrons. The summed E-state index contributed by atoms with van der Waals surface area (Å²) in [5, 5.41) is 0. The average molecular weight is 342 g/mol. The van der Waals surface area contributed by atoms with Crippen LogP contribution in [0.2, 0.25) is 0 Å². The molecule has 0 unspecified atom stereocenters. The lowest BCUT2D eigenvalue weighted by molar-refractivity contribution is -0.133. The van der Waals surface area contributed by atoms with Crippen LogP contribution in [0.15, 0.2) is 24.3 Å². The average Bonchev–Trinajstić information content (AvgIpc) is 2.29. The number of benzene rings is 1. The molecule has 0 spiro atoms. The monoisotopic (exact) mass is 342 g/mol. The van der Waals surface area contributed by atoms with Gasteiger partial charge in [-0.3, -0.25) is 14.4 Å². The van der Waals surface area contributed by atoms with Gasteiger partial charge in [0.05, 0.1) is 0 Å². The summed E-state index contributed by atoms with van der Waals surface area (Å²) < 4.78 is 0.779. The molecule has 0 N–H and O–H groups in total. The minimum absolute atomic E-state index is 0.231. The Morgan fingerprint density at radius 2 is 1.71 bits per heavy atom. The van der Waals surface area contributed by atoms with E-state index >= 15 is 0 Å². The van der Waals surface area contributed by atoms with Gasteiger partial charge in [0.25, 0.3) is 0 Å². The third-order valence-corrected chi connectivity index (χ3v) is 3.83. The summed E-state index contributed by atoms with van der Waals surface area (Å²) in [5.74, 6) is -1.86. The fraction of sp³-hybridized carbons (Fsp3) is 0.308. The minimum Gasteiger partial charge on any atom is -0.298 e. The standard InChI is InChI=1S/C13H11IO3/c14-9-5-2-1-4-8(9)13(17)12-10(15)6-3-7-11(12)16/h1-2,4-5,12H,3,6-7H2. The summed E-state index contributed by atoms with van der Waals surface area (Å²) in [5.41, 5.74) is 0.474. The van der Waals surface area contributed by atoms with E-state index in [4.69, 9.17) is 0 Å². The van der Waals surface area contributed by atoms with Gasteiger partial charge in [0, 0.05) is 22.0 Å². The maximum atomic E-state index is 12.2. The first kappa shape index (κ1) is 12.4. The van der Waals surface area contributed by atoms with Crippen LogP contribution in [-0.2, 0) is 9.59 Å². The molecular weight excluding hydrogens is 331 g/mol. The zero-order chi connectivity index (χ0) is 12.4. The van der Waals surface area contributed by atoms with Crippen molar-refractivity contribution >= 4 is 39.9 Å². The topological polar surface area (TPSA) is 51.2 Å². The molecule has 0 aromatic heterocycles. The number of hydrogen-bond donors (Lipinski definition) is 0. The van der Waals surface area contributed by atoms with Gasteiger partial charge in [0.15, 0.2) is 17.3 Å². The molecule has 0 heterocycles. The molecule has 0 atom stereocenters. The highest BCUT2D eigenvalue weighted by atomic mass is 127. The minimum atomic E-state index is -1.06. The van der Waals surface area contributed by atoms with Gasteiger partial charge < -0.3 is 0 Å². The lowest BCUT2D eigenvalue weighted by atomic mass is 9.82. The Morgan fingerprint density at radius 1 is 1.12 bits per heavy atom. The maximum Gasteiger partial charge on any atom is 0.181 e. The van der Waals surface area contributed by atoms with Gasteiger partial charge in [0.1, 0.15) is 5.92 Å². The van der Waals surface area contributed by atoms with E-state index in [1.54, 1.807) is 18.2 Å². The molecule has 1 aliphatic rings. The number of hydrogen-bond acceptors (Lipinski definition) is 3. The van der Waals surface area contributed by atoms with Crippen LogP contribution < -0.4 is 0 Å². The molecule has 1 saturated carbocycles. The Bertz CT molecular complexity index is 477. The van der Waals surface area contributed by atoms with Crippen LogP contribution in [0.4, 0.5) is 0 Å². The van der Waals surface area contributed by atoms with Crippen molar-refractivity contribution in [2.75, 3.05) is 0 Å². The zero-order valence-electron chi connectivity index (χ0n) is 9.11. The molecule has 0 bridgehead atoms. The number of carbonyl (C=O) groups excluding carboxylic acids is 3. The van der Waals surface area contributed by atoms with Crippen LogP contribution in [0, 0.1) is 9.49 Å². The van der Waals surface area contributed by atoms with Crippen molar-refractivity contribution in [3.05, 3.63) is 33.4 Å². The number of rotatable bonds is 2. The Kier molecular flexibility index (Phi) is 3.71. The van der Waals surface area contributed by atoms with Gasteiger partial charge >= 0.3 is 0 Å². The van der Waals surface area contributed by atoms with Gasteiger partial charge in [-0.2, -0.15) is 0 Å². The molecular formula is C13H11IO3. The normalized spacial score (nSPS) is 17.2. The largest absolute Gasteiger partial charge is 0.298 e. The van der Waals surface area contributed by atoms with Gasteiger partial charge in [0.2, 0.25) is 0 Å². The molecule has 1 aromatic rings. The van der Waals surface area contributed by atoms with E-state index in [1.165, 1.54) is 0 Å². The van der Waals surface area contributed by atoms with Crippen LogP contribution in [-0.4, -0.2) is 17.3 Å². The third-order valence-electron chi connectivity index (χ3n) is 2.89. The molecule has 17 heavy (non-hydrogen) atoms. The highest BCUT2D eigenvalue weighted by Gasteiger charge is 2.36. The van der Waals surface area contributed by atoms with Crippen LogP contribution in [0.25, 0.3) is 0 Å². The summed E-state index contributed by atoms with van der Waals surface area (Å²) in [6.45, 7) is 0. The second-order valence-corrected chi connectivity index (χ2v) is 5.23. The molecule has 1 aromatic carbocycles. The summed E-state index contributed by atoms with van der Waals surface area (Å²) in [6.07, 6.45) is 1.25. The van der Waals surface area contributed by atoms with Crippen molar-refractivity contribution in [1.29, 1.82) is 0 Å². The predicted molar refractivity (Wildman–Crippen MR) is 70.8 cm³/mol. The lowest BCUT2D eigenvalue weighted by Crippen LogP contribution is -2.35. The van der Waals surface area contributed by atoms with E-state index in [9.17, 15) is 14.4 Å². The smallest absolute Gasteiger partial charge is 0.181 e. The Balaban J connectivity index is 2.34. The second-order valence-electron chi connectivity index (χ2n) is 4.06. The quantitative estimate of drug-likeness (QED) is 0.471. The van der Waals surface area contributed by atoms with Gasteiger partial charge in [-0.05, 0) is 35.1 Å². The first-order valence-electron chi connectivity index (χ1n) is 5.45. The van der Waals surface area contributed by atoms with E-state index in [0.29, 0.717) is 24.8 Å². The SMILES string of the molecule is O=C1CCCC(=O)C1C(=O)c1ccccc1I. The molecule has 0 amide bonds. The van der Waals surface area contributed by atoms with Gasteiger partial charge in [-0.25, -0.2) is 0 Å². The summed E-state index contributed by atoms with van der Waals surface area (Å²) in [7, 11) is 0. The first-order chi connectivity index (χ1) is 8.11. The molecule has 3 nitrogen and oxygen atoms in total. The summed E-state index contributed by atoms with van der Waals surface area (Å²) in [4.78, 5) is 35.6. The highest BCUT2D eigenvalue weighted by molar-refractivity contribution is 14.1. The predicted octanol–water partition coefficient (Wildman–Crippen LogP) is 2.41. The maximum absolute atomic E-state index is 12.2. The van der Waals surface area contributed by atoms with Crippen LogP contribution in [0.5, 0.6) is 0 Å². The van der Waals surface area contributed by atoms with Crippen molar-refractivity contribution in [2.24, 2.45) is 5.92 Å². The van der Waals surface area contributed by atoms with Crippen LogP contribution in [0.1, 0.15) is 29.6 Å². The first-order valence-corrected chi connectivity index (χ1v) is 6.53. The Morgan fingerprint density at radius 3 is 2.29 bits per heavy atom. The van der Waals surface area contributed by atoms with Crippen LogP contribution in [0.3, 0.4) is 0 Å². The van der Waals surface area contributed by atoms with Gasteiger partial charge in [-0.15, -0.1) is 0 Å². The molecule has 2 rings (SSSR count). The van der Waals surface area contributed by atoms with Crippen molar-refractivity contribution < 1.29 is 14.4 Å². The van der Waals surface area contributed by atoms with E-state index in [0.717, 1.165) is 3.57 Å². The summed E-state index contributed by atoms with van der Waals surface area (Å²) in [6, 6.07) is 7.03.